The van der Waals surface area contributed by atoms with Gasteiger partial charge >= 0.3 is 0 Å². The Morgan fingerprint density at radius 1 is 0.750 bits per heavy atom. The maximum absolute atomic E-state index is 13.6. The van der Waals surface area contributed by atoms with Gasteiger partial charge < -0.3 is 4.42 Å². The first-order valence-electron chi connectivity index (χ1n) is 11.9. The molecule has 0 unspecified atom stereocenters. The Morgan fingerprint density at radius 2 is 1.28 bits per heavy atom. The molecule has 8 rings (SSSR count). The van der Waals surface area contributed by atoms with E-state index in [-0.39, 0.29) is 23.7 Å². The molecule has 0 N–H and O–H groups in total. The summed E-state index contributed by atoms with van der Waals surface area (Å²) in [6.07, 6.45) is 1.40. The van der Waals surface area contributed by atoms with E-state index in [1.165, 1.54) is 6.21 Å². The Labute approximate surface area is 207 Å². The maximum Gasteiger partial charge on any atom is 0.254 e. The average molecular weight is 470 g/mol. The van der Waals surface area contributed by atoms with Crippen molar-refractivity contribution in [2.45, 2.75) is 11.8 Å². The summed E-state index contributed by atoms with van der Waals surface area (Å²) in [5, 5.41) is 14.7. The van der Waals surface area contributed by atoms with E-state index in [0.29, 0.717) is 22.6 Å². The summed E-state index contributed by atoms with van der Waals surface area (Å²) in [4.78, 5) is 27.2. The third-order valence-corrected chi connectivity index (χ3v) is 7.67. The van der Waals surface area contributed by atoms with Crippen molar-refractivity contribution in [3.63, 3.8) is 0 Å². The lowest BCUT2D eigenvalue weighted by Gasteiger charge is -2.45. The molecule has 4 aliphatic rings. The summed E-state index contributed by atoms with van der Waals surface area (Å²) in [5.41, 5.74) is 5.68. The fourth-order valence-electron chi connectivity index (χ4n) is 6.25. The first-order chi connectivity index (χ1) is 17.7. The Morgan fingerprint density at radius 3 is 1.83 bits per heavy atom. The zero-order valence-corrected chi connectivity index (χ0v) is 19.0. The maximum atomic E-state index is 13.6. The molecule has 2 heterocycles. The van der Waals surface area contributed by atoms with Gasteiger partial charge in [0.05, 0.1) is 29.7 Å². The number of benzene rings is 3. The van der Waals surface area contributed by atoms with Crippen LogP contribution in [0, 0.1) is 23.2 Å². The zero-order chi connectivity index (χ0) is 24.4. The van der Waals surface area contributed by atoms with E-state index in [1.54, 1.807) is 24.3 Å². The van der Waals surface area contributed by atoms with Crippen LogP contribution in [0.25, 0.3) is 11.3 Å². The van der Waals surface area contributed by atoms with Gasteiger partial charge in [-0.1, -0.05) is 60.7 Å². The first kappa shape index (κ1) is 20.6. The van der Waals surface area contributed by atoms with Crippen LogP contribution < -0.4 is 0 Å². The minimum absolute atomic E-state index is 0.165. The van der Waals surface area contributed by atoms with Crippen LogP contribution in [0.2, 0.25) is 0 Å². The summed E-state index contributed by atoms with van der Waals surface area (Å²) < 4.78 is 5.87. The van der Waals surface area contributed by atoms with Crippen LogP contribution in [0.1, 0.15) is 45.4 Å². The molecule has 2 bridgehead atoms. The van der Waals surface area contributed by atoms with E-state index in [9.17, 15) is 14.9 Å². The molecule has 4 aromatic rings. The van der Waals surface area contributed by atoms with Crippen molar-refractivity contribution >= 4 is 18.0 Å². The van der Waals surface area contributed by atoms with Crippen molar-refractivity contribution in [1.82, 2.24) is 5.01 Å². The fraction of sp³-hybridized carbons (Fsp3) is 0.133. The molecule has 1 aromatic heterocycles. The van der Waals surface area contributed by atoms with Crippen molar-refractivity contribution in [3.05, 3.63) is 119 Å². The van der Waals surface area contributed by atoms with Crippen LogP contribution in [0.3, 0.4) is 0 Å². The quantitative estimate of drug-likeness (QED) is 0.311. The van der Waals surface area contributed by atoms with Gasteiger partial charge in [-0.2, -0.15) is 15.4 Å². The molecular formula is C30H19N3O3. The van der Waals surface area contributed by atoms with Gasteiger partial charge in [-0.3, -0.25) is 9.59 Å². The second kappa shape index (κ2) is 7.62. The number of carbonyl (C=O) groups is 2. The van der Waals surface area contributed by atoms with Crippen LogP contribution >= 0.6 is 0 Å². The van der Waals surface area contributed by atoms with Gasteiger partial charge in [0, 0.05) is 17.4 Å². The van der Waals surface area contributed by atoms with Crippen molar-refractivity contribution < 1.29 is 14.0 Å². The minimum Gasteiger partial charge on any atom is -0.455 e. The Hall–Kier alpha value is -4.76. The third-order valence-electron chi connectivity index (χ3n) is 7.67. The van der Waals surface area contributed by atoms with Gasteiger partial charge in [-0.15, -0.1) is 0 Å². The monoisotopic (exact) mass is 469 g/mol. The molecule has 0 radical (unpaired) electrons. The molecule has 1 fully saturated rings. The van der Waals surface area contributed by atoms with E-state index in [2.05, 4.69) is 35.4 Å². The summed E-state index contributed by atoms with van der Waals surface area (Å²) in [7, 11) is 0. The van der Waals surface area contributed by atoms with Gasteiger partial charge in [0.25, 0.3) is 11.8 Å². The number of nitrogens with zero attached hydrogens (tertiary/aromatic N) is 3. The first-order valence-corrected chi connectivity index (χ1v) is 11.9. The predicted octanol–water partition coefficient (Wildman–Crippen LogP) is 5.04. The molecular weight excluding hydrogens is 450 g/mol. The second-order valence-electron chi connectivity index (χ2n) is 9.36. The number of carbonyl (C=O) groups excluding carboxylic acids is 2. The number of furan rings is 1. The lowest BCUT2D eigenvalue weighted by atomic mass is 9.55. The summed E-state index contributed by atoms with van der Waals surface area (Å²) in [5.74, 6) is -0.918. The predicted molar refractivity (Wildman–Crippen MR) is 132 cm³/mol. The lowest BCUT2D eigenvalue weighted by Crippen LogP contribution is -2.41. The summed E-state index contributed by atoms with van der Waals surface area (Å²) >= 11 is 0. The molecule has 0 saturated carbocycles. The molecule has 3 aliphatic carbocycles. The van der Waals surface area contributed by atoms with Crippen molar-refractivity contribution in [2.75, 3.05) is 0 Å². The molecule has 6 heteroatoms. The largest absolute Gasteiger partial charge is 0.455 e. The molecule has 1 aliphatic heterocycles. The van der Waals surface area contributed by atoms with Gasteiger partial charge in [0.15, 0.2) is 0 Å². The highest BCUT2D eigenvalue weighted by atomic mass is 16.3. The fourth-order valence-corrected chi connectivity index (χ4v) is 6.25. The van der Waals surface area contributed by atoms with Gasteiger partial charge in [0.2, 0.25) is 0 Å². The SMILES string of the molecule is N#Cc1ccccc1-c1ccc(/C=N\N2C(=O)[C@H]3C4c5ccccc5C(c5ccccc54)[C@@H]3C2=O)o1. The van der Waals surface area contributed by atoms with E-state index in [0.717, 1.165) is 27.3 Å². The number of rotatable bonds is 3. The van der Waals surface area contributed by atoms with Crippen LogP contribution in [-0.4, -0.2) is 23.0 Å². The minimum atomic E-state index is -0.473. The third kappa shape index (κ3) is 2.74. The average Bonchev–Trinajstić information content (AvgIpc) is 3.50. The standard InChI is InChI=1S/C30H19N3O3/c31-15-17-7-1-2-8-19(17)24-14-13-18(36-24)16-32-33-29(34)27-25-20-9-3-4-10-21(20)26(28(27)30(33)35)23-12-6-5-11-22(23)25/h1-14,16,25-28H/b32-16-/t25?,26?,27-,28-/m0/s1. The molecule has 1 saturated heterocycles. The normalized spacial score (nSPS) is 23.5. The van der Waals surface area contributed by atoms with Gasteiger partial charge in [-0.05, 0) is 46.5 Å². The molecule has 3 aromatic carbocycles. The second-order valence-corrected chi connectivity index (χ2v) is 9.36. The number of amides is 2. The molecule has 36 heavy (non-hydrogen) atoms. The van der Waals surface area contributed by atoms with Gasteiger partial charge in [0.1, 0.15) is 11.5 Å². The van der Waals surface area contributed by atoms with E-state index in [1.807, 2.05) is 36.4 Å². The highest BCUT2D eigenvalue weighted by Crippen LogP contribution is 2.60. The number of hydrogen-bond donors (Lipinski definition) is 0. The number of nitriles is 1. The topological polar surface area (TPSA) is 86.7 Å². The summed E-state index contributed by atoms with van der Waals surface area (Å²) in [6, 6.07) is 29.0. The molecule has 172 valence electrons. The molecule has 0 spiro atoms. The van der Waals surface area contributed by atoms with Crippen molar-refractivity contribution in [3.8, 4) is 17.4 Å². The summed E-state index contributed by atoms with van der Waals surface area (Å²) in [6.45, 7) is 0. The molecule has 6 nitrogen and oxygen atoms in total. The Kier molecular flexibility index (Phi) is 4.36. The van der Waals surface area contributed by atoms with Crippen LogP contribution in [-0.2, 0) is 9.59 Å². The highest BCUT2D eigenvalue weighted by molar-refractivity contribution is 6.08. The van der Waals surface area contributed by atoms with Crippen LogP contribution in [0.15, 0.2) is 94.4 Å². The van der Waals surface area contributed by atoms with Crippen molar-refractivity contribution in [2.24, 2.45) is 16.9 Å². The number of imide groups is 1. The Balaban J connectivity index is 1.24. The zero-order valence-electron chi connectivity index (χ0n) is 19.0. The Bertz CT molecular complexity index is 1530. The van der Waals surface area contributed by atoms with Crippen LogP contribution in [0.5, 0.6) is 0 Å². The smallest absolute Gasteiger partial charge is 0.254 e. The van der Waals surface area contributed by atoms with Crippen molar-refractivity contribution in [1.29, 1.82) is 5.26 Å². The number of hydrogen-bond acceptors (Lipinski definition) is 5. The number of hydrazone groups is 1. The molecule has 2 atom stereocenters. The lowest BCUT2D eigenvalue weighted by molar-refractivity contribution is -0.139. The highest BCUT2D eigenvalue weighted by Gasteiger charge is 2.61. The van der Waals surface area contributed by atoms with E-state index in [4.69, 9.17) is 4.42 Å². The molecule has 2 amide bonds. The van der Waals surface area contributed by atoms with Crippen LogP contribution in [0.4, 0.5) is 0 Å². The van der Waals surface area contributed by atoms with Gasteiger partial charge in [-0.25, -0.2) is 0 Å². The van der Waals surface area contributed by atoms with E-state index >= 15 is 0 Å². The van der Waals surface area contributed by atoms with E-state index < -0.39 is 11.8 Å².